The van der Waals surface area contributed by atoms with Gasteiger partial charge in [-0.3, -0.25) is 10.1 Å². The monoisotopic (exact) mass is 434 g/mol. The molecule has 5 rings (SSSR count). The zero-order chi connectivity index (χ0) is 22.6. The molecule has 2 aromatic carbocycles. The third kappa shape index (κ3) is 2.93. The van der Waals surface area contributed by atoms with Gasteiger partial charge < -0.3 is 19.5 Å². The Labute approximate surface area is 181 Å². The van der Waals surface area contributed by atoms with Gasteiger partial charge in [0.1, 0.15) is 11.6 Å². The van der Waals surface area contributed by atoms with Crippen LogP contribution in [0.5, 0.6) is 5.88 Å². The fourth-order valence-electron chi connectivity index (χ4n) is 4.31. The van der Waals surface area contributed by atoms with Crippen LogP contribution in [0.15, 0.2) is 53.2 Å². The maximum atomic E-state index is 13.6. The van der Waals surface area contributed by atoms with Crippen molar-refractivity contribution in [2.75, 3.05) is 0 Å². The summed E-state index contributed by atoms with van der Waals surface area (Å²) in [4.78, 5) is 25.0. The summed E-state index contributed by atoms with van der Waals surface area (Å²) < 4.78 is 20.3. The summed E-state index contributed by atoms with van der Waals surface area (Å²) in [7, 11) is 0. The third-order valence-electron chi connectivity index (χ3n) is 5.87. The van der Waals surface area contributed by atoms with Crippen LogP contribution in [0.2, 0.25) is 0 Å². The number of imide groups is 1. The molecule has 3 N–H and O–H groups in total. The molecule has 0 unspecified atom stereocenters. The van der Waals surface area contributed by atoms with Crippen LogP contribution in [-0.2, 0) is 16.9 Å². The van der Waals surface area contributed by atoms with Gasteiger partial charge in [0.15, 0.2) is 11.4 Å². The van der Waals surface area contributed by atoms with Crippen LogP contribution < -0.4 is 10.6 Å². The predicted octanol–water partition coefficient (Wildman–Crippen LogP) is 3.49. The van der Waals surface area contributed by atoms with Gasteiger partial charge >= 0.3 is 6.03 Å². The van der Waals surface area contributed by atoms with Crippen LogP contribution in [-0.4, -0.2) is 26.8 Å². The highest BCUT2D eigenvalue weighted by Crippen LogP contribution is 2.35. The number of aromatic hydroxyl groups is 1. The van der Waals surface area contributed by atoms with E-state index in [1.165, 1.54) is 16.7 Å². The van der Waals surface area contributed by atoms with Crippen molar-refractivity contribution >= 4 is 22.7 Å². The number of aromatic nitrogens is 2. The van der Waals surface area contributed by atoms with Crippen molar-refractivity contribution in [3.63, 3.8) is 0 Å². The molecule has 32 heavy (non-hydrogen) atoms. The van der Waals surface area contributed by atoms with E-state index in [2.05, 4.69) is 15.8 Å². The quantitative estimate of drug-likeness (QED) is 0.426. The summed E-state index contributed by atoms with van der Waals surface area (Å²) in [5.41, 5.74) is 1.53. The topological polar surface area (TPSA) is 109 Å². The Morgan fingerprint density at radius 1 is 1.16 bits per heavy atom. The molecule has 1 atom stereocenters. The largest absolute Gasteiger partial charge is 0.494 e. The fourth-order valence-corrected chi connectivity index (χ4v) is 4.31. The van der Waals surface area contributed by atoms with Gasteiger partial charge in [-0.1, -0.05) is 29.4 Å². The molecule has 3 heterocycles. The van der Waals surface area contributed by atoms with Crippen molar-refractivity contribution in [2.45, 2.75) is 25.9 Å². The number of benzene rings is 2. The SMILES string of the molecule is Cc1noc(C)c1-c1ccc([C@@]2(Cn3cc4ccc(F)cc4c3O)NC(=O)NC2=O)cc1. The summed E-state index contributed by atoms with van der Waals surface area (Å²) in [6, 6.07) is 10.6. The van der Waals surface area contributed by atoms with E-state index < -0.39 is 23.3 Å². The Kier molecular flexibility index (Phi) is 4.30. The van der Waals surface area contributed by atoms with E-state index in [4.69, 9.17) is 4.52 Å². The van der Waals surface area contributed by atoms with Crippen LogP contribution >= 0.6 is 0 Å². The van der Waals surface area contributed by atoms with Crippen LogP contribution in [0, 0.1) is 19.7 Å². The first-order valence-corrected chi connectivity index (χ1v) is 9.93. The van der Waals surface area contributed by atoms with Gasteiger partial charge in [-0.05, 0) is 43.2 Å². The van der Waals surface area contributed by atoms with Gasteiger partial charge in [0, 0.05) is 22.5 Å². The molecule has 0 saturated carbocycles. The second kappa shape index (κ2) is 6.94. The summed E-state index contributed by atoms with van der Waals surface area (Å²) >= 11 is 0. The molecule has 1 saturated heterocycles. The van der Waals surface area contributed by atoms with Crippen LogP contribution in [0.4, 0.5) is 9.18 Å². The Balaban J connectivity index is 1.59. The lowest BCUT2D eigenvalue weighted by Gasteiger charge is -2.27. The predicted molar refractivity (Wildman–Crippen MR) is 113 cm³/mol. The van der Waals surface area contributed by atoms with Crippen molar-refractivity contribution in [3.05, 3.63) is 71.5 Å². The van der Waals surface area contributed by atoms with Gasteiger partial charge in [-0.25, -0.2) is 9.18 Å². The molecule has 9 heteroatoms. The highest BCUT2D eigenvalue weighted by Gasteiger charge is 2.48. The molecule has 1 fully saturated rings. The Hall–Kier alpha value is -4.14. The van der Waals surface area contributed by atoms with Gasteiger partial charge in [0.2, 0.25) is 0 Å². The highest BCUT2D eigenvalue weighted by molar-refractivity contribution is 6.07. The van der Waals surface area contributed by atoms with Crippen molar-refractivity contribution in [3.8, 4) is 17.0 Å². The van der Waals surface area contributed by atoms with Crippen LogP contribution in [0.1, 0.15) is 17.0 Å². The second-order valence-corrected chi connectivity index (χ2v) is 7.90. The third-order valence-corrected chi connectivity index (χ3v) is 5.87. The van der Waals surface area contributed by atoms with E-state index in [1.54, 1.807) is 24.4 Å². The number of hydrogen-bond donors (Lipinski definition) is 3. The minimum Gasteiger partial charge on any atom is -0.494 e. The van der Waals surface area contributed by atoms with Gasteiger partial charge in [0.25, 0.3) is 5.91 Å². The lowest BCUT2D eigenvalue weighted by Crippen LogP contribution is -2.47. The van der Waals surface area contributed by atoms with E-state index in [-0.39, 0.29) is 12.4 Å². The molecule has 1 aliphatic heterocycles. The minimum absolute atomic E-state index is 0.0859. The molecular formula is C23H19FN4O4. The number of aryl methyl sites for hydroxylation is 2. The molecule has 162 valence electrons. The Morgan fingerprint density at radius 2 is 1.91 bits per heavy atom. The first-order valence-electron chi connectivity index (χ1n) is 9.93. The Morgan fingerprint density at radius 3 is 2.53 bits per heavy atom. The molecule has 0 bridgehead atoms. The number of hydrogen-bond acceptors (Lipinski definition) is 5. The second-order valence-electron chi connectivity index (χ2n) is 7.90. The first kappa shape index (κ1) is 19.8. The smallest absolute Gasteiger partial charge is 0.322 e. The minimum atomic E-state index is -1.46. The highest BCUT2D eigenvalue weighted by atomic mass is 19.1. The fraction of sp³-hybridized carbons (Fsp3) is 0.174. The summed E-state index contributed by atoms with van der Waals surface area (Å²) in [5, 5.41) is 20.5. The molecule has 1 aliphatic rings. The zero-order valence-corrected chi connectivity index (χ0v) is 17.3. The molecule has 0 spiro atoms. The lowest BCUT2D eigenvalue weighted by atomic mass is 9.88. The summed E-state index contributed by atoms with van der Waals surface area (Å²) in [6.45, 7) is 3.57. The number of carbonyl (C=O) groups excluding carboxylic acids is 2. The number of nitrogens with zero attached hydrogens (tertiary/aromatic N) is 2. The number of carbonyl (C=O) groups is 2. The number of urea groups is 1. The van der Waals surface area contributed by atoms with Crippen molar-refractivity contribution in [2.24, 2.45) is 0 Å². The molecular weight excluding hydrogens is 415 g/mol. The molecule has 0 aliphatic carbocycles. The number of fused-ring (bicyclic) bond motifs is 1. The van der Waals surface area contributed by atoms with E-state index in [0.717, 1.165) is 16.8 Å². The standard InChI is InChI=1S/C23H19FN4O4/c1-12-19(13(2)32-27-12)14-3-6-16(7-4-14)23(21(30)25-22(31)26-23)11-28-10-15-5-8-17(24)9-18(15)20(28)29/h3-10,29H,11H2,1-2H3,(H2,25,26,30,31)/t23-/m1/s1. The van der Waals surface area contributed by atoms with E-state index in [0.29, 0.717) is 22.1 Å². The van der Waals surface area contributed by atoms with E-state index >= 15 is 0 Å². The average molecular weight is 434 g/mol. The lowest BCUT2D eigenvalue weighted by molar-refractivity contribution is -0.124. The van der Waals surface area contributed by atoms with Crippen molar-refractivity contribution in [1.29, 1.82) is 0 Å². The zero-order valence-electron chi connectivity index (χ0n) is 17.3. The van der Waals surface area contributed by atoms with Crippen LogP contribution in [0.25, 0.3) is 21.9 Å². The molecule has 8 nitrogen and oxygen atoms in total. The molecule has 2 aromatic heterocycles. The van der Waals surface area contributed by atoms with Gasteiger partial charge in [-0.15, -0.1) is 0 Å². The molecule has 3 amide bonds. The van der Waals surface area contributed by atoms with E-state index in [9.17, 15) is 19.1 Å². The summed E-state index contributed by atoms with van der Waals surface area (Å²) in [5.74, 6) is -0.550. The Bertz CT molecular complexity index is 1370. The number of halogens is 1. The van der Waals surface area contributed by atoms with Gasteiger partial charge in [0.05, 0.1) is 12.2 Å². The van der Waals surface area contributed by atoms with Crippen molar-refractivity contribution in [1.82, 2.24) is 20.4 Å². The maximum Gasteiger partial charge on any atom is 0.322 e. The van der Waals surface area contributed by atoms with E-state index in [1.807, 2.05) is 26.0 Å². The van der Waals surface area contributed by atoms with Crippen molar-refractivity contribution < 1.29 is 23.6 Å². The summed E-state index contributed by atoms with van der Waals surface area (Å²) in [6.07, 6.45) is 1.61. The first-order chi connectivity index (χ1) is 15.3. The average Bonchev–Trinajstić information content (AvgIpc) is 3.36. The number of rotatable bonds is 4. The maximum absolute atomic E-state index is 13.6. The normalized spacial score (nSPS) is 18.2. The number of nitrogens with one attached hydrogen (secondary N) is 2. The molecule has 4 aromatic rings. The molecule has 0 radical (unpaired) electrons. The van der Waals surface area contributed by atoms with Gasteiger partial charge in [-0.2, -0.15) is 0 Å². The number of amides is 3. The van der Waals surface area contributed by atoms with Crippen LogP contribution in [0.3, 0.4) is 0 Å².